The average Bonchev–Trinajstić information content (AvgIpc) is 2.43. The fraction of sp³-hybridized carbons (Fsp3) is 0.333. The smallest absolute Gasteiger partial charge is 0.0637 e. The van der Waals surface area contributed by atoms with Gasteiger partial charge in [0, 0.05) is 6.04 Å². The van der Waals surface area contributed by atoms with Gasteiger partial charge in [-0.25, -0.2) is 0 Å². The van der Waals surface area contributed by atoms with Crippen LogP contribution >= 0.6 is 11.6 Å². The van der Waals surface area contributed by atoms with Crippen molar-refractivity contribution in [2.45, 2.75) is 39.7 Å². The van der Waals surface area contributed by atoms with Gasteiger partial charge < -0.3 is 5.32 Å². The average molecular weight is 288 g/mol. The van der Waals surface area contributed by atoms with E-state index in [0.717, 1.165) is 10.7 Å². The highest BCUT2D eigenvalue weighted by atomic mass is 35.5. The topological polar surface area (TPSA) is 12.0 Å². The van der Waals surface area contributed by atoms with Crippen molar-refractivity contribution in [3.05, 3.63) is 64.2 Å². The summed E-state index contributed by atoms with van der Waals surface area (Å²) in [5, 5.41) is 4.25. The third-order valence-corrected chi connectivity index (χ3v) is 3.93. The van der Waals surface area contributed by atoms with Crippen LogP contribution in [-0.4, -0.2) is 0 Å². The molecule has 106 valence electrons. The summed E-state index contributed by atoms with van der Waals surface area (Å²) >= 11 is 6.23. The summed E-state index contributed by atoms with van der Waals surface area (Å²) in [6, 6.07) is 15.1. The lowest BCUT2D eigenvalue weighted by atomic mass is 9.99. The van der Waals surface area contributed by atoms with Gasteiger partial charge in [-0.1, -0.05) is 55.8 Å². The van der Waals surface area contributed by atoms with Gasteiger partial charge in [0.15, 0.2) is 0 Å². The van der Waals surface area contributed by atoms with Crippen LogP contribution in [0.15, 0.2) is 42.5 Å². The van der Waals surface area contributed by atoms with E-state index in [4.69, 9.17) is 11.6 Å². The molecule has 1 unspecified atom stereocenters. The Morgan fingerprint density at radius 2 is 1.50 bits per heavy atom. The van der Waals surface area contributed by atoms with Crippen LogP contribution in [0.25, 0.3) is 0 Å². The van der Waals surface area contributed by atoms with Crippen LogP contribution in [0.4, 0.5) is 5.69 Å². The van der Waals surface area contributed by atoms with E-state index < -0.39 is 0 Å². The lowest BCUT2D eigenvalue weighted by Crippen LogP contribution is -2.07. The van der Waals surface area contributed by atoms with Gasteiger partial charge in [0.25, 0.3) is 0 Å². The van der Waals surface area contributed by atoms with Gasteiger partial charge in [-0.3, -0.25) is 0 Å². The third kappa shape index (κ3) is 3.55. The minimum absolute atomic E-state index is 0.232. The number of anilines is 1. The Labute approximate surface area is 127 Å². The minimum atomic E-state index is 0.232. The molecule has 0 bridgehead atoms. The molecule has 1 N–H and O–H groups in total. The first-order chi connectivity index (χ1) is 9.47. The van der Waals surface area contributed by atoms with Gasteiger partial charge in [-0.05, 0) is 48.6 Å². The maximum Gasteiger partial charge on any atom is 0.0637 e. The van der Waals surface area contributed by atoms with Crippen LogP contribution in [0.2, 0.25) is 5.02 Å². The molecule has 0 aromatic heterocycles. The van der Waals surface area contributed by atoms with Crippen molar-refractivity contribution in [2.75, 3.05) is 5.32 Å². The Morgan fingerprint density at radius 1 is 0.900 bits per heavy atom. The predicted molar refractivity (Wildman–Crippen MR) is 88.8 cm³/mol. The molecule has 0 fully saturated rings. The first kappa shape index (κ1) is 14.9. The number of halogens is 1. The maximum atomic E-state index is 6.23. The fourth-order valence-corrected chi connectivity index (χ4v) is 2.41. The molecule has 1 nitrogen and oxygen atoms in total. The number of hydrogen-bond donors (Lipinski definition) is 1. The quantitative estimate of drug-likeness (QED) is 0.733. The Bertz CT molecular complexity index is 572. The SMILES string of the molecule is Cc1ccc(Cl)c(NC(C)c2ccc(C(C)C)cc2)c1. The first-order valence-electron chi connectivity index (χ1n) is 7.10. The van der Waals surface area contributed by atoms with E-state index in [0.29, 0.717) is 5.92 Å². The number of hydrogen-bond acceptors (Lipinski definition) is 1. The second kappa shape index (κ2) is 6.32. The van der Waals surface area contributed by atoms with Crippen LogP contribution in [0, 0.1) is 6.92 Å². The molecule has 2 rings (SSSR count). The summed E-state index contributed by atoms with van der Waals surface area (Å²) in [4.78, 5) is 0. The van der Waals surface area contributed by atoms with E-state index in [9.17, 15) is 0 Å². The lowest BCUT2D eigenvalue weighted by Gasteiger charge is -2.18. The molecule has 0 spiro atoms. The highest BCUT2D eigenvalue weighted by Gasteiger charge is 2.08. The Kier molecular flexibility index (Phi) is 4.72. The van der Waals surface area contributed by atoms with Crippen molar-refractivity contribution in [3.63, 3.8) is 0 Å². The molecule has 0 saturated heterocycles. The first-order valence-corrected chi connectivity index (χ1v) is 7.47. The number of rotatable bonds is 4. The zero-order chi connectivity index (χ0) is 14.7. The van der Waals surface area contributed by atoms with Crippen molar-refractivity contribution in [1.29, 1.82) is 0 Å². The van der Waals surface area contributed by atoms with Crippen molar-refractivity contribution < 1.29 is 0 Å². The fourth-order valence-electron chi connectivity index (χ4n) is 2.24. The summed E-state index contributed by atoms with van der Waals surface area (Å²) < 4.78 is 0. The zero-order valence-corrected chi connectivity index (χ0v) is 13.3. The Hall–Kier alpha value is -1.47. The second-order valence-corrected chi connectivity index (χ2v) is 6.08. The zero-order valence-electron chi connectivity index (χ0n) is 12.6. The van der Waals surface area contributed by atoms with Gasteiger partial charge in [0.1, 0.15) is 0 Å². The summed E-state index contributed by atoms with van der Waals surface area (Å²) in [5.41, 5.74) is 4.84. The molecule has 0 saturated carbocycles. The molecule has 2 heteroatoms. The van der Waals surface area contributed by atoms with E-state index in [1.165, 1.54) is 16.7 Å². The van der Waals surface area contributed by atoms with E-state index in [1.54, 1.807) is 0 Å². The number of nitrogens with one attached hydrogen (secondary N) is 1. The van der Waals surface area contributed by atoms with Crippen LogP contribution in [-0.2, 0) is 0 Å². The van der Waals surface area contributed by atoms with Crippen molar-refractivity contribution in [3.8, 4) is 0 Å². The van der Waals surface area contributed by atoms with Crippen molar-refractivity contribution >= 4 is 17.3 Å². The summed E-state index contributed by atoms with van der Waals surface area (Å²) in [5.74, 6) is 0.568. The highest BCUT2D eigenvalue weighted by Crippen LogP contribution is 2.27. The Balaban J connectivity index is 2.15. The molecule has 1 atom stereocenters. The molecule has 0 amide bonds. The largest absolute Gasteiger partial charge is 0.377 e. The van der Waals surface area contributed by atoms with Gasteiger partial charge in [-0.2, -0.15) is 0 Å². The molecule has 20 heavy (non-hydrogen) atoms. The third-order valence-electron chi connectivity index (χ3n) is 3.60. The molecule has 0 aliphatic rings. The van der Waals surface area contributed by atoms with Gasteiger partial charge in [-0.15, -0.1) is 0 Å². The molecular formula is C18H22ClN. The van der Waals surface area contributed by atoms with Gasteiger partial charge >= 0.3 is 0 Å². The monoisotopic (exact) mass is 287 g/mol. The maximum absolute atomic E-state index is 6.23. The molecular weight excluding hydrogens is 266 g/mol. The highest BCUT2D eigenvalue weighted by molar-refractivity contribution is 6.33. The van der Waals surface area contributed by atoms with Crippen LogP contribution in [0.3, 0.4) is 0 Å². The Morgan fingerprint density at radius 3 is 2.10 bits per heavy atom. The molecule has 2 aromatic rings. The molecule has 0 aliphatic heterocycles. The molecule has 0 heterocycles. The number of benzene rings is 2. The van der Waals surface area contributed by atoms with Crippen LogP contribution in [0.5, 0.6) is 0 Å². The normalized spacial score (nSPS) is 12.5. The van der Waals surface area contributed by atoms with Gasteiger partial charge in [0.05, 0.1) is 10.7 Å². The van der Waals surface area contributed by atoms with E-state index in [-0.39, 0.29) is 6.04 Å². The molecule has 0 radical (unpaired) electrons. The summed E-state index contributed by atoms with van der Waals surface area (Å²) in [6.45, 7) is 8.65. The van der Waals surface area contributed by atoms with Crippen molar-refractivity contribution in [2.24, 2.45) is 0 Å². The van der Waals surface area contributed by atoms with E-state index in [2.05, 4.69) is 63.3 Å². The van der Waals surface area contributed by atoms with Crippen LogP contribution in [0.1, 0.15) is 49.4 Å². The second-order valence-electron chi connectivity index (χ2n) is 5.67. The van der Waals surface area contributed by atoms with Gasteiger partial charge in [0.2, 0.25) is 0 Å². The summed E-state index contributed by atoms with van der Waals surface area (Å²) in [6.07, 6.45) is 0. The molecule has 0 aliphatic carbocycles. The standard InChI is InChI=1S/C18H22ClN/c1-12(2)15-6-8-16(9-7-15)14(4)20-18-11-13(3)5-10-17(18)19/h5-12,14,20H,1-4H3. The summed E-state index contributed by atoms with van der Waals surface area (Å²) in [7, 11) is 0. The predicted octanol–water partition coefficient (Wildman–Crippen LogP) is 5.94. The lowest BCUT2D eigenvalue weighted by molar-refractivity contribution is 0.852. The minimum Gasteiger partial charge on any atom is -0.377 e. The van der Waals surface area contributed by atoms with E-state index >= 15 is 0 Å². The van der Waals surface area contributed by atoms with E-state index in [1.807, 2.05) is 12.1 Å². The van der Waals surface area contributed by atoms with Crippen LogP contribution < -0.4 is 5.32 Å². The molecule has 2 aromatic carbocycles. The number of aryl methyl sites for hydroxylation is 1. The van der Waals surface area contributed by atoms with Crippen molar-refractivity contribution in [1.82, 2.24) is 0 Å².